The topological polar surface area (TPSA) is 45.8 Å². The zero-order chi connectivity index (χ0) is 10.8. The van der Waals surface area contributed by atoms with Crippen LogP contribution in [-0.4, -0.2) is 15.8 Å². The second-order valence-corrected chi connectivity index (χ2v) is 3.52. The molecular formula is C12H12N2O. The molecule has 0 atom stereocenters. The minimum absolute atomic E-state index is 0.00216. The molecule has 1 aromatic heterocycles. The Kier molecular flexibility index (Phi) is 2.37. The van der Waals surface area contributed by atoms with Crippen molar-refractivity contribution >= 4 is 5.78 Å². The van der Waals surface area contributed by atoms with Gasteiger partial charge < -0.3 is 4.98 Å². The van der Waals surface area contributed by atoms with Gasteiger partial charge in [-0.25, -0.2) is 4.98 Å². The molecule has 0 spiro atoms. The molecule has 0 aliphatic heterocycles. The van der Waals surface area contributed by atoms with Gasteiger partial charge in [0.05, 0.1) is 6.20 Å². The number of ketones is 1. The summed E-state index contributed by atoms with van der Waals surface area (Å²) in [6.45, 7) is 3.54. The number of nitrogens with zero attached hydrogens (tertiary/aromatic N) is 1. The van der Waals surface area contributed by atoms with Crippen molar-refractivity contribution in [2.75, 3.05) is 0 Å². The standard InChI is InChI=1S/C12H12N2O/c1-8-5-3-4-6-10(8)12-13-7-11(14-12)9(2)15/h3-7H,1-2H3,(H,13,14). The molecule has 1 N–H and O–H groups in total. The van der Waals surface area contributed by atoms with Crippen LogP contribution in [0.1, 0.15) is 23.0 Å². The molecule has 3 heteroatoms. The predicted molar refractivity (Wildman–Crippen MR) is 58.8 cm³/mol. The Bertz CT molecular complexity index is 500. The first-order valence-corrected chi connectivity index (χ1v) is 4.80. The number of aryl methyl sites for hydroxylation is 1. The highest BCUT2D eigenvalue weighted by molar-refractivity contribution is 5.92. The van der Waals surface area contributed by atoms with Gasteiger partial charge in [-0.2, -0.15) is 0 Å². The van der Waals surface area contributed by atoms with Gasteiger partial charge in [-0.05, 0) is 12.5 Å². The van der Waals surface area contributed by atoms with Gasteiger partial charge in [-0.15, -0.1) is 0 Å². The van der Waals surface area contributed by atoms with Crippen LogP contribution < -0.4 is 0 Å². The fraction of sp³-hybridized carbons (Fsp3) is 0.167. The molecule has 2 aromatic rings. The van der Waals surface area contributed by atoms with Crippen LogP contribution in [0.15, 0.2) is 30.5 Å². The predicted octanol–water partition coefficient (Wildman–Crippen LogP) is 2.59. The second kappa shape index (κ2) is 3.69. The summed E-state index contributed by atoms with van der Waals surface area (Å²) in [6.07, 6.45) is 1.57. The summed E-state index contributed by atoms with van der Waals surface area (Å²) < 4.78 is 0. The Hall–Kier alpha value is -1.90. The largest absolute Gasteiger partial charge is 0.336 e. The molecular weight excluding hydrogens is 188 g/mol. The third kappa shape index (κ3) is 1.81. The van der Waals surface area contributed by atoms with Crippen molar-refractivity contribution in [2.24, 2.45) is 0 Å². The molecule has 0 amide bonds. The molecule has 0 fully saturated rings. The van der Waals surface area contributed by atoms with E-state index in [2.05, 4.69) is 9.97 Å². The van der Waals surface area contributed by atoms with Crippen LogP contribution >= 0.6 is 0 Å². The number of carbonyl (C=O) groups is 1. The summed E-state index contributed by atoms with van der Waals surface area (Å²) in [5.74, 6) is 0.751. The van der Waals surface area contributed by atoms with E-state index in [1.807, 2.05) is 31.2 Å². The molecule has 0 bridgehead atoms. The molecule has 3 nitrogen and oxygen atoms in total. The van der Waals surface area contributed by atoms with Crippen molar-refractivity contribution in [1.29, 1.82) is 0 Å². The Labute approximate surface area is 88.2 Å². The lowest BCUT2D eigenvalue weighted by molar-refractivity contribution is 0.101. The van der Waals surface area contributed by atoms with Gasteiger partial charge in [0.1, 0.15) is 11.5 Å². The van der Waals surface area contributed by atoms with Crippen molar-refractivity contribution in [3.63, 3.8) is 0 Å². The normalized spacial score (nSPS) is 10.3. The molecule has 0 saturated heterocycles. The highest BCUT2D eigenvalue weighted by Gasteiger charge is 2.07. The molecule has 0 aliphatic rings. The number of rotatable bonds is 2. The molecule has 0 radical (unpaired) electrons. The van der Waals surface area contributed by atoms with Gasteiger partial charge in [0.15, 0.2) is 5.78 Å². The highest BCUT2D eigenvalue weighted by Crippen LogP contribution is 2.19. The summed E-state index contributed by atoms with van der Waals surface area (Å²) in [5, 5.41) is 0. The first-order valence-electron chi connectivity index (χ1n) is 4.80. The maximum absolute atomic E-state index is 11.1. The van der Waals surface area contributed by atoms with Crippen molar-refractivity contribution in [2.45, 2.75) is 13.8 Å². The van der Waals surface area contributed by atoms with Crippen molar-refractivity contribution in [3.05, 3.63) is 41.7 Å². The zero-order valence-corrected chi connectivity index (χ0v) is 8.74. The quantitative estimate of drug-likeness (QED) is 0.757. The average molecular weight is 200 g/mol. The molecule has 1 heterocycles. The Balaban J connectivity index is 2.46. The number of H-pyrrole nitrogens is 1. The average Bonchev–Trinajstić information content (AvgIpc) is 2.67. The molecule has 2 rings (SSSR count). The molecule has 15 heavy (non-hydrogen) atoms. The van der Waals surface area contributed by atoms with Crippen molar-refractivity contribution in [3.8, 4) is 11.4 Å². The fourth-order valence-corrected chi connectivity index (χ4v) is 1.48. The third-order valence-corrected chi connectivity index (χ3v) is 2.36. The minimum atomic E-state index is 0.00216. The fourth-order valence-electron chi connectivity index (χ4n) is 1.48. The molecule has 0 aliphatic carbocycles. The number of imidazole rings is 1. The summed E-state index contributed by atoms with van der Waals surface area (Å²) in [7, 11) is 0. The van der Waals surface area contributed by atoms with E-state index in [1.165, 1.54) is 6.92 Å². The number of hydrogen-bond donors (Lipinski definition) is 1. The van der Waals surface area contributed by atoms with E-state index in [9.17, 15) is 4.79 Å². The first-order chi connectivity index (χ1) is 7.18. The van der Waals surface area contributed by atoms with Crippen LogP contribution in [0, 0.1) is 6.92 Å². The Morgan fingerprint density at radius 1 is 1.33 bits per heavy atom. The molecule has 0 saturated carbocycles. The van der Waals surface area contributed by atoms with E-state index < -0.39 is 0 Å². The maximum atomic E-state index is 11.1. The summed E-state index contributed by atoms with van der Waals surface area (Å²) in [5.41, 5.74) is 2.72. The number of nitrogens with one attached hydrogen (secondary N) is 1. The van der Waals surface area contributed by atoms with Gasteiger partial charge in [0, 0.05) is 12.5 Å². The lowest BCUT2D eigenvalue weighted by Crippen LogP contribution is -1.91. The van der Waals surface area contributed by atoms with Gasteiger partial charge in [-0.1, -0.05) is 24.3 Å². The van der Waals surface area contributed by atoms with Crippen LogP contribution in [0.3, 0.4) is 0 Å². The summed E-state index contributed by atoms with van der Waals surface area (Å²) in [6, 6.07) is 7.94. The van der Waals surface area contributed by atoms with Crippen LogP contribution in [0.25, 0.3) is 11.4 Å². The third-order valence-electron chi connectivity index (χ3n) is 2.36. The molecule has 0 unspecified atom stereocenters. The van der Waals surface area contributed by atoms with Gasteiger partial charge in [0.25, 0.3) is 0 Å². The monoisotopic (exact) mass is 200 g/mol. The van der Waals surface area contributed by atoms with E-state index in [0.29, 0.717) is 5.69 Å². The van der Waals surface area contributed by atoms with Crippen molar-refractivity contribution in [1.82, 2.24) is 9.97 Å². The molecule has 76 valence electrons. The highest BCUT2D eigenvalue weighted by atomic mass is 16.1. The van der Waals surface area contributed by atoms with Crippen LogP contribution in [0.4, 0.5) is 0 Å². The van der Waals surface area contributed by atoms with E-state index in [1.54, 1.807) is 6.20 Å². The number of Topliss-reactive ketones (excluding diaryl/α,β-unsaturated/α-hetero) is 1. The van der Waals surface area contributed by atoms with Crippen LogP contribution in [0.2, 0.25) is 0 Å². The SMILES string of the molecule is CC(=O)c1cnc(-c2ccccc2C)[nH]1. The number of aromatic nitrogens is 2. The number of carbonyl (C=O) groups excluding carboxylic acids is 1. The number of hydrogen-bond acceptors (Lipinski definition) is 2. The smallest absolute Gasteiger partial charge is 0.177 e. The number of benzene rings is 1. The first kappa shape index (κ1) is 9.65. The molecule has 1 aromatic carbocycles. The van der Waals surface area contributed by atoms with Crippen LogP contribution in [0.5, 0.6) is 0 Å². The van der Waals surface area contributed by atoms with E-state index in [4.69, 9.17) is 0 Å². The maximum Gasteiger partial charge on any atom is 0.177 e. The Morgan fingerprint density at radius 2 is 2.07 bits per heavy atom. The zero-order valence-electron chi connectivity index (χ0n) is 8.74. The van der Waals surface area contributed by atoms with Crippen LogP contribution in [-0.2, 0) is 0 Å². The number of aromatic amines is 1. The van der Waals surface area contributed by atoms with Gasteiger partial charge >= 0.3 is 0 Å². The van der Waals surface area contributed by atoms with E-state index >= 15 is 0 Å². The van der Waals surface area contributed by atoms with E-state index in [0.717, 1.165) is 17.0 Å². The Morgan fingerprint density at radius 3 is 2.67 bits per heavy atom. The summed E-state index contributed by atoms with van der Waals surface area (Å²) >= 11 is 0. The second-order valence-electron chi connectivity index (χ2n) is 3.52. The summed E-state index contributed by atoms with van der Waals surface area (Å²) in [4.78, 5) is 18.3. The van der Waals surface area contributed by atoms with Gasteiger partial charge in [-0.3, -0.25) is 4.79 Å². The lowest BCUT2D eigenvalue weighted by Gasteiger charge is -2.00. The van der Waals surface area contributed by atoms with Crippen molar-refractivity contribution < 1.29 is 4.79 Å². The van der Waals surface area contributed by atoms with Gasteiger partial charge in [0.2, 0.25) is 0 Å². The lowest BCUT2D eigenvalue weighted by atomic mass is 10.1. The van der Waals surface area contributed by atoms with E-state index in [-0.39, 0.29) is 5.78 Å². The minimum Gasteiger partial charge on any atom is -0.336 e.